The first-order valence-electron chi connectivity index (χ1n) is 5.97. The van der Waals surface area contributed by atoms with Crippen LogP contribution in [0.1, 0.15) is 19.8 Å². The fourth-order valence-electron chi connectivity index (χ4n) is 1.85. The molecule has 1 atom stereocenters. The average Bonchev–Trinajstić information content (AvgIpc) is 2.37. The van der Waals surface area contributed by atoms with Crippen molar-refractivity contribution in [3.05, 3.63) is 30.6 Å². The zero-order chi connectivity index (χ0) is 12.1. The predicted octanol–water partition coefficient (Wildman–Crippen LogP) is 2.17. The quantitative estimate of drug-likeness (QED) is 0.826. The summed E-state index contributed by atoms with van der Waals surface area (Å²) in [5, 5.41) is 4.48. The lowest BCUT2D eigenvalue weighted by Gasteiger charge is -2.15. The van der Waals surface area contributed by atoms with Crippen LogP contribution in [-0.2, 0) is 0 Å². The van der Waals surface area contributed by atoms with Crippen LogP contribution in [0.5, 0.6) is 0 Å². The SMILES string of the molecule is CC(CCCN)Nc1ncnc2ccccc12. The number of aromatic nitrogens is 2. The van der Waals surface area contributed by atoms with Gasteiger partial charge in [-0.25, -0.2) is 9.97 Å². The van der Waals surface area contributed by atoms with Crippen molar-refractivity contribution in [2.45, 2.75) is 25.8 Å². The summed E-state index contributed by atoms with van der Waals surface area (Å²) >= 11 is 0. The normalized spacial score (nSPS) is 12.6. The number of nitrogens with zero attached hydrogens (tertiary/aromatic N) is 2. The van der Waals surface area contributed by atoms with E-state index in [2.05, 4.69) is 22.2 Å². The minimum Gasteiger partial charge on any atom is -0.367 e. The van der Waals surface area contributed by atoms with Gasteiger partial charge in [-0.15, -0.1) is 0 Å². The van der Waals surface area contributed by atoms with Gasteiger partial charge in [-0.05, 0) is 38.4 Å². The summed E-state index contributed by atoms with van der Waals surface area (Å²) < 4.78 is 0. The Hall–Kier alpha value is -1.68. The minimum atomic E-state index is 0.372. The Labute approximate surface area is 101 Å². The van der Waals surface area contributed by atoms with E-state index in [1.807, 2.05) is 24.3 Å². The molecule has 0 aliphatic heterocycles. The largest absolute Gasteiger partial charge is 0.367 e. The summed E-state index contributed by atoms with van der Waals surface area (Å²) in [6.07, 6.45) is 3.67. The highest BCUT2D eigenvalue weighted by atomic mass is 15.0. The molecule has 0 amide bonds. The monoisotopic (exact) mass is 230 g/mol. The number of nitrogens with one attached hydrogen (secondary N) is 1. The van der Waals surface area contributed by atoms with Crippen LogP contribution in [0.2, 0.25) is 0 Å². The predicted molar refractivity (Wildman–Crippen MR) is 70.9 cm³/mol. The molecule has 0 saturated heterocycles. The first-order chi connectivity index (χ1) is 8.31. The number of hydrogen-bond donors (Lipinski definition) is 2. The van der Waals surface area contributed by atoms with Gasteiger partial charge in [0.05, 0.1) is 5.52 Å². The van der Waals surface area contributed by atoms with Gasteiger partial charge < -0.3 is 11.1 Å². The van der Waals surface area contributed by atoms with E-state index >= 15 is 0 Å². The Morgan fingerprint density at radius 2 is 2.12 bits per heavy atom. The van der Waals surface area contributed by atoms with Gasteiger partial charge in [-0.2, -0.15) is 0 Å². The van der Waals surface area contributed by atoms with Crippen LogP contribution in [-0.4, -0.2) is 22.6 Å². The van der Waals surface area contributed by atoms with Crippen molar-refractivity contribution < 1.29 is 0 Å². The summed E-state index contributed by atoms with van der Waals surface area (Å²) in [6.45, 7) is 2.88. The maximum Gasteiger partial charge on any atom is 0.137 e. The Kier molecular flexibility index (Phi) is 3.88. The Balaban J connectivity index is 2.18. The van der Waals surface area contributed by atoms with Crippen LogP contribution in [0.4, 0.5) is 5.82 Å². The van der Waals surface area contributed by atoms with Gasteiger partial charge in [0.15, 0.2) is 0 Å². The first kappa shape index (κ1) is 11.8. The van der Waals surface area contributed by atoms with Crippen LogP contribution in [0.15, 0.2) is 30.6 Å². The van der Waals surface area contributed by atoms with Gasteiger partial charge in [0.1, 0.15) is 12.1 Å². The maximum absolute atomic E-state index is 5.51. The lowest BCUT2D eigenvalue weighted by atomic mass is 10.1. The van der Waals surface area contributed by atoms with Crippen LogP contribution >= 0.6 is 0 Å². The van der Waals surface area contributed by atoms with E-state index in [-0.39, 0.29) is 0 Å². The van der Waals surface area contributed by atoms with Crippen molar-refractivity contribution in [3.8, 4) is 0 Å². The van der Waals surface area contributed by atoms with Crippen LogP contribution in [0.3, 0.4) is 0 Å². The van der Waals surface area contributed by atoms with Crippen LogP contribution in [0.25, 0.3) is 10.9 Å². The molecule has 0 aliphatic rings. The second-order valence-electron chi connectivity index (χ2n) is 4.22. The molecule has 0 bridgehead atoms. The Bertz CT molecular complexity index is 478. The number of hydrogen-bond acceptors (Lipinski definition) is 4. The fraction of sp³-hybridized carbons (Fsp3) is 0.385. The third kappa shape index (κ3) is 2.91. The lowest BCUT2D eigenvalue weighted by molar-refractivity contribution is 0.661. The molecule has 2 aromatic rings. The minimum absolute atomic E-state index is 0.372. The van der Waals surface area contributed by atoms with Crippen molar-refractivity contribution in [2.24, 2.45) is 5.73 Å². The highest BCUT2D eigenvalue weighted by Crippen LogP contribution is 2.19. The molecule has 0 radical (unpaired) electrons. The third-order valence-electron chi connectivity index (χ3n) is 2.77. The van der Waals surface area contributed by atoms with Crippen LogP contribution < -0.4 is 11.1 Å². The second-order valence-corrected chi connectivity index (χ2v) is 4.22. The van der Waals surface area contributed by atoms with E-state index in [0.717, 1.165) is 36.1 Å². The number of nitrogens with two attached hydrogens (primary N) is 1. The van der Waals surface area contributed by atoms with Crippen molar-refractivity contribution in [2.75, 3.05) is 11.9 Å². The number of fused-ring (bicyclic) bond motifs is 1. The molecule has 0 spiro atoms. The summed E-state index contributed by atoms with van der Waals surface area (Å²) in [5.74, 6) is 0.903. The molecule has 1 aromatic carbocycles. The number of benzene rings is 1. The van der Waals surface area contributed by atoms with Gasteiger partial charge in [-0.1, -0.05) is 12.1 Å². The molecule has 2 rings (SSSR count). The van der Waals surface area contributed by atoms with Gasteiger partial charge in [-0.3, -0.25) is 0 Å². The first-order valence-corrected chi connectivity index (χ1v) is 5.97. The van der Waals surface area contributed by atoms with Gasteiger partial charge in [0.2, 0.25) is 0 Å². The molecule has 1 unspecified atom stereocenters. The van der Waals surface area contributed by atoms with E-state index in [4.69, 9.17) is 5.73 Å². The highest BCUT2D eigenvalue weighted by molar-refractivity contribution is 5.88. The number of anilines is 1. The third-order valence-corrected chi connectivity index (χ3v) is 2.77. The molecule has 0 aliphatic carbocycles. The van der Waals surface area contributed by atoms with Crippen molar-refractivity contribution in [1.82, 2.24) is 9.97 Å². The average molecular weight is 230 g/mol. The second kappa shape index (κ2) is 5.59. The molecule has 3 N–H and O–H groups in total. The molecule has 1 heterocycles. The fourth-order valence-corrected chi connectivity index (χ4v) is 1.85. The summed E-state index contributed by atoms with van der Waals surface area (Å²) in [7, 11) is 0. The van der Waals surface area contributed by atoms with Gasteiger partial charge in [0, 0.05) is 11.4 Å². The Morgan fingerprint density at radius 1 is 1.29 bits per heavy atom. The molecule has 4 heteroatoms. The number of para-hydroxylation sites is 1. The summed E-state index contributed by atoms with van der Waals surface area (Å²) in [6, 6.07) is 8.38. The van der Waals surface area contributed by atoms with Crippen molar-refractivity contribution >= 4 is 16.7 Å². The van der Waals surface area contributed by atoms with Crippen molar-refractivity contribution in [1.29, 1.82) is 0 Å². The molecule has 90 valence electrons. The zero-order valence-electron chi connectivity index (χ0n) is 10.1. The Morgan fingerprint density at radius 3 is 2.94 bits per heavy atom. The van der Waals surface area contributed by atoms with E-state index in [1.54, 1.807) is 6.33 Å². The number of rotatable bonds is 5. The summed E-state index contributed by atoms with van der Waals surface area (Å²) in [4.78, 5) is 8.54. The van der Waals surface area contributed by atoms with E-state index in [0.29, 0.717) is 6.04 Å². The lowest BCUT2D eigenvalue weighted by Crippen LogP contribution is -2.17. The van der Waals surface area contributed by atoms with Gasteiger partial charge >= 0.3 is 0 Å². The molecule has 0 saturated carbocycles. The standard InChI is InChI=1S/C13H18N4/c1-10(5-4-8-14)17-13-11-6-2-3-7-12(11)15-9-16-13/h2-3,6-7,9-10H,4-5,8,14H2,1H3,(H,15,16,17). The topological polar surface area (TPSA) is 63.8 Å². The maximum atomic E-state index is 5.51. The smallest absolute Gasteiger partial charge is 0.137 e. The molecule has 1 aromatic heterocycles. The molecule has 17 heavy (non-hydrogen) atoms. The van der Waals surface area contributed by atoms with E-state index < -0.39 is 0 Å². The molecule has 0 fully saturated rings. The zero-order valence-corrected chi connectivity index (χ0v) is 10.1. The van der Waals surface area contributed by atoms with Crippen molar-refractivity contribution in [3.63, 3.8) is 0 Å². The molecular formula is C13H18N4. The highest BCUT2D eigenvalue weighted by Gasteiger charge is 2.06. The molecular weight excluding hydrogens is 212 g/mol. The van der Waals surface area contributed by atoms with E-state index in [9.17, 15) is 0 Å². The summed E-state index contributed by atoms with van der Waals surface area (Å²) in [5.41, 5.74) is 6.48. The van der Waals surface area contributed by atoms with E-state index in [1.165, 1.54) is 0 Å². The molecule has 4 nitrogen and oxygen atoms in total. The van der Waals surface area contributed by atoms with Crippen LogP contribution in [0, 0.1) is 0 Å². The van der Waals surface area contributed by atoms with Gasteiger partial charge in [0.25, 0.3) is 0 Å².